The van der Waals surface area contributed by atoms with Crippen molar-refractivity contribution in [2.24, 2.45) is 0 Å². The maximum Gasteiger partial charge on any atom is 0.280 e. The minimum Gasteiger partial charge on any atom is -0.446 e. The molecule has 0 saturated carbocycles. The van der Waals surface area contributed by atoms with E-state index in [2.05, 4.69) is 17.4 Å². The number of hydrogen-bond acceptors (Lipinski definition) is 5. The lowest BCUT2D eigenvalue weighted by Crippen LogP contribution is -2.31. The molecule has 2 aromatic carbocycles. The molecule has 0 aliphatic carbocycles. The Kier molecular flexibility index (Phi) is 6.98. The number of ether oxygens (including phenoxy) is 1. The summed E-state index contributed by atoms with van der Waals surface area (Å²) in [6, 6.07) is 17.7. The lowest BCUT2D eigenvalue weighted by atomic mass is 9.89. The molecule has 176 valence electrons. The van der Waals surface area contributed by atoms with Crippen molar-refractivity contribution in [1.82, 2.24) is 10.5 Å². The van der Waals surface area contributed by atoms with Crippen LogP contribution in [0.15, 0.2) is 65.9 Å². The maximum absolute atomic E-state index is 13.0. The molecule has 0 radical (unpaired) electrons. The molecule has 4 rings (SSSR count). The van der Waals surface area contributed by atoms with Crippen molar-refractivity contribution in [3.63, 3.8) is 0 Å². The van der Waals surface area contributed by atoms with E-state index in [1.807, 2.05) is 54.6 Å². The number of hydroxylamine groups is 1. The van der Waals surface area contributed by atoms with Crippen LogP contribution in [0.5, 0.6) is 0 Å². The standard InChI is InChI=1S/C27H28N2O5/c1-3-4-10-15-27(32)24(23(22(17-30)34-27)26(31)29-33-2)25-20(16-18-11-6-5-7-12-18)19-13-8-9-14-21(19)28-25/h5-9,11-14,28,32H,3-4,10,15-16H2,1-2H3,(H,29,31). The number of aromatic amines is 1. The van der Waals surface area contributed by atoms with Crippen LogP contribution >= 0.6 is 0 Å². The first kappa shape index (κ1) is 23.5. The van der Waals surface area contributed by atoms with Crippen LogP contribution in [0.2, 0.25) is 0 Å². The molecule has 0 bridgehead atoms. The lowest BCUT2D eigenvalue weighted by Gasteiger charge is -2.26. The highest BCUT2D eigenvalue weighted by Crippen LogP contribution is 2.47. The number of carbonyl (C=O) groups is 1. The summed E-state index contributed by atoms with van der Waals surface area (Å²) in [5.41, 5.74) is 5.75. The summed E-state index contributed by atoms with van der Waals surface area (Å²) < 4.78 is 5.73. The lowest BCUT2D eigenvalue weighted by molar-refractivity contribution is -0.128. The Balaban J connectivity index is 1.97. The van der Waals surface area contributed by atoms with Crippen LogP contribution in [0.25, 0.3) is 16.5 Å². The number of amides is 1. The summed E-state index contributed by atoms with van der Waals surface area (Å²) in [4.78, 5) is 33.0. The smallest absolute Gasteiger partial charge is 0.280 e. The second-order valence-electron chi connectivity index (χ2n) is 8.35. The monoisotopic (exact) mass is 460 g/mol. The zero-order chi connectivity index (χ0) is 24.1. The van der Waals surface area contributed by atoms with Crippen molar-refractivity contribution in [1.29, 1.82) is 0 Å². The molecule has 0 spiro atoms. The highest BCUT2D eigenvalue weighted by Gasteiger charge is 2.49. The number of fused-ring (bicyclic) bond motifs is 1. The predicted octanol–water partition coefficient (Wildman–Crippen LogP) is 4.20. The van der Waals surface area contributed by atoms with E-state index >= 15 is 0 Å². The van der Waals surface area contributed by atoms with Crippen LogP contribution in [0.1, 0.15) is 49.4 Å². The van der Waals surface area contributed by atoms with E-state index in [9.17, 15) is 14.7 Å². The maximum atomic E-state index is 13.0. The van der Waals surface area contributed by atoms with Crippen molar-refractivity contribution in [3.8, 4) is 0 Å². The fourth-order valence-corrected chi connectivity index (χ4v) is 4.52. The average molecular weight is 461 g/mol. The van der Waals surface area contributed by atoms with Gasteiger partial charge in [0.15, 0.2) is 5.94 Å². The summed E-state index contributed by atoms with van der Waals surface area (Å²) >= 11 is 0. The molecule has 3 aromatic rings. The second kappa shape index (κ2) is 10.1. The molecule has 2 heterocycles. The SMILES string of the molecule is CCCCCC1(O)OC(=C=O)C(C(=O)NOC)=C1c1[nH]c2ccccc2c1Cc1ccccc1. The Labute approximate surface area is 198 Å². The number of aliphatic hydroxyl groups is 1. The van der Waals surface area contributed by atoms with Gasteiger partial charge in [0.05, 0.1) is 18.4 Å². The highest BCUT2D eigenvalue weighted by atomic mass is 16.6. The predicted molar refractivity (Wildman–Crippen MR) is 129 cm³/mol. The van der Waals surface area contributed by atoms with Gasteiger partial charge in [-0.2, -0.15) is 0 Å². The van der Waals surface area contributed by atoms with Gasteiger partial charge in [-0.1, -0.05) is 68.3 Å². The van der Waals surface area contributed by atoms with Crippen molar-refractivity contribution in [2.45, 2.75) is 44.8 Å². The first-order chi connectivity index (χ1) is 16.5. The number of carbonyl (C=O) groups excluding carboxylic acids is 2. The van der Waals surface area contributed by atoms with E-state index in [4.69, 9.17) is 9.57 Å². The molecule has 1 aliphatic heterocycles. The van der Waals surface area contributed by atoms with Gasteiger partial charge in [0.25, 0.3) is 5.91 Å². The molecule has 1 aromatic heterocycles. The Morgan fingerprint density at radius 3 is 2.59 bits per heavy atom. The van der Waals surface area contributed by atoms with Gasteiger partial charge in [0.1, 0.15) is 5.57 Å². The number of H-pyrrole nitrogens is 1. The topological polar surface area (TPSA) is 101 Å². The number of aromatic nitrogens is 1. The number of hydrogen-bond donors (Lipinski definition) is 3. The van der Waals surface area contributed by atoms with Gasteiger partial charge >= 0.3 is 0 Å². The summed E-state index contributed by atoms with van der Waals surface area (Å²) in [6.07, 6.45) is 3.21. The third-order valence-corrected chi connectivity index (χ3v) is 6.06. The molecule has 0 saturated heterocycles. The number of unbranched alkanes of at least 4 members (excludes halogenated alkanes) is 2. The summed E-state index contributed by atoms with van der Waals surface area (Å²) in [5.74, 6) is -1.20. The normalized spacial score (nSPS) is 17.7. The molecule has 1 amide bonds. The molecule has 1 unspecified atom stereocenters. The first-order valence-electron chi connectivity index (χ1n) is 11.4. The Bertz CT molecular complexity index is 1270. The van der Waals surface area contributed by atoms with E-state index in [0.29, 0.717) is 18.5 Å². The zero-order valence-electron chi connectivity index (χ0n) is 19.3. The Morgan fingerprint density at radius 1 is 1.15 bits per heavy atom. The van der Waals surface area contributed by atoms with Crippen LogP contribution in [0.4, 0.5) is 0 Å². The van der Waals surface area contributed by atoms with Gasteiger partial charge in [-0.05, 0) is 23.6 Å². The highest BCUT2D eigenvalue weighted by molar-refractivity contribution is 6.09. The molecule has 1 atom stereocenters. The van der Waals surface area contributed by atoms with Crippen LogP contribution in [0, 0.1) is 0 Å². The minimum atomic E-state index is -1.87. The van der Waals surface area contributed by atoms with Crippen molar-refractivity contribution in [2.75, 3.05) is 7.11 Å². The van der Waals surface area contributed by atoms with Crippen LogP contribution in [0.3, 0.4) is 0 Å². The molecule has 7 heteroatoms. The number of nitrogens with one attached hydrogen (secondary N) is 2. The van der Waals surface area contributed by atoms with Crippen molar-refractivity contribution >= 4 is 28.3 Å². The Hall–Kier alpha value is -3.64. The van der Waals surface area contributed by atoms with Gasteiger partial charge in [0.2, 0.25) is 11.5 Å². The van der Waals surface area contributed by atoms with E-state index in [0.717, 1.165) is 34.9 Å². The summed E-state index contributed by atoms with van der Waals surface area (Å²) in [7, 11) is 1.30. The zero-order valence-corrected chi connectivity index (χ0v) is 19.3. The first-order valence-corrected chi connectivity index (χ1v) is 11.4. The van der Waals surface area contributed by atoms with Gasteiger partial charge < -0.3 is 14.8 Å². The van der Waals surface area contributed by atoms with Gasteiger partial charge in [-0.3, -0.25) is 9.63 Å². The van der Waals surface area contributed by atoms with Crippen LogP contribution in [-0.2, 0) is 25.6 Å². The van der Waals surface area contributed by atoms with E-state index in [1.165, 1.54) is 7.11 Å². The quantitative estimate of drug-likeness (QED) is 0.252. The Morgan fingerprint density at radius 2 is 1.88 bits per heavy atom. The van der Waals surface area contributed by atoms with Crippen LogP contribution < -0.4 is 5.48 Å². The van der Waals surface area contributed by atoms with Gasteiger partial charge in [0, 0.05) is 23.7 Å². The fraction of sp³-hybridized carbons (Fsp3) is 0.296. The average Bonchev–Trinajstić information content (AvgIpc) is 3.34. The summed E-state index contributed by atoms with van der Waals surface area (Å²) in [5, 5.41) is 12.7. The largest absolute Gasteiger partial charge is 0.446 e. The van der Waals surface area contributed by atoms with Crippen molar-refractivity contribution in [3.05, 3.63) is 82.8 Å². The molecule has 3 N–H and O–H groups in total. The third-order valence-electron chi connectivity index (χ3n) is 6.06. The van der Waals surface area contributed by atoms with Crippen LogP contribution in [-0.4, -0.2) is 34.8 Å². The minimum absolute atomic E-state index is 0.0864. The van der Waals surface area contributed by atoms with Crippen molar-refractivity contribution < 1.29 is 24.3 Å². The van der Waals surface area contributed by atoms with E-state index in [-0.39, 0.29) is 23.3 Å². The second-order valence-corrected chi connectivity index (χ2v) is 8.35. The molecule has 7 nitrogen and oxygen atoms in total. The molecule has 0 fully saturated rings. The molecular weight excluding hydrogens is 432 g/mol. The van der Waals surface area contributed by atoms with E-state index in [1.54, 1.807) is 5.94 Å². The number of para-hydroxylation sites is 1. The number of rotatable bonds is 9. The van der Waals surface area contributed by atoms with Gasteiger partial charge in [-0.15, -0.1) is 0 Å². The van der Waals surface area contributed by atoms with E-state index < -0.39 is 11.7 Å². The molecule has 34 heavy (non-hydrogen) atoms. The third kappa shape index (κ3) is 4.41. The van der Waals surface area contributed by atoms with Gasteiger partial charge in [-0.25, -0.2) is 10.3 Å². The molecule has 1 aliphatic rings. The number of benzene rings is 2. The molecular formula is C27H28N2O5. The fourth-order valence-electron chi connectivity index (χ4n) is 4.52. The summed E-state index contributed by atoms with van der Waals surface area (Å²) in [6.45, 7) is 2.06.